The van der Waals surface area contributed by atoms with Crippen LogP contribution in [0, 0.1) is 20.8 Å². The van der Waals surface area contributed by atoms with Crippen LogP contribution < -0.4 is 10.6 Å². The molecule has 5 nitrogen and oxygen atoms in total. The van der Waals surface area contributed by atoms with Crippen molar-refractivity contribution in [3.63, 3.8) is 0 Å². The minimum Gasteiger partial charge on any atom is -0.356 e. The molecule has 120 valence electrons. The van der Waals surface area contributed by atoms with Crippen LogP contribution in [0.3, 0.4) is 0 Å². The van der Waals surface area contributed by atoms with E-state index in [1.54, 1.807) is 7.05 Å². The highest BCUT2D eigenvalue weighted by Gasteiger charge is 2.02. The molecule has 0 unspecified atom stereocenters. The Morgan fingerprint density at radius 3 is 2.68 bits per heavy atom. The Bertz CT molecular complexity index is 626. The standard InChI is InChI=1S/C16H25N5S/c1-12-10-13(2)21(20-12)9-5-8-18-16(17-4)19-11-15-7-6-14(3)22-15/h6-7,10H,5,8-9,11H2,1-4H3,(H2,17,18,19). The first-order valence-corrected chi connectivity index (χ1v) is 8.41. The Balaban J connectivity index is 1.69. The molecule has 0 aliphatic rings. The van der Waals surface area contributed by atoms with E-state index < -0.39 is 0 Å². The molecule has 0 saturated carbocycles. The number of aromatic nitrogens is 2. The van der Waals surface area contributed by atoms with Crippen LogP contribution in [-0.4, -0.2) is 29.3 Å². The molecular formula is C16H25N5S. The second-order valence-corrected chi connectivity index (χ2v) is 6.74. The smallest absolute Gasteiger partial charge is 0.191 e. The second-order valence-electron chi connectivity index (χ2n) is 5.37. The van der Waals surface area contributed by atoms with Gasteiger partial charge < -0.3 is 10.6 Å². The predicted octanol–water partition coefficient (Wildman–Crippen LogP) is 2.63. The molecule has 2 heterocycles. The third-order valence-electron chi connectivity index (χ3n) is 3.39. The molecule has 0 aromatic carbocycles. The number of hydrogen-bond donors (Lipinski definition) is 2. The molecule has 22 heavy (non-hydrogen) atoms. The monoisotopic (exact) mass is 319 g/mol. The van der Waals surface area contributed by atoms with E-state index >= 15 is 0 Å². The molecule has 0 aliphatic carbocycles. The molecule has 0 saturated heterocycles. The van der Waals surface area contributed by atoms with Crippen molar-refractivity contribution < 1.29 is 0 Å². The van der Waals surface area contributed by atoms with Crippen molar-refractivity contribution in [2.75, 3.05) is 13.6 Å². The zero-order chi connectivity index (χ0) is 15.9. The average Bonchev–Trinajstić information content (AvgIpc) is 3.03. The number of aryl methyl sites for hydroxylation is 4. The highest BCUT2D eigenvalue weighted by Crippen LogP contribution is 2.14. The number of nitrogens with zero attached hydrogens (tertiary/aromatic N) is 3. The molecule has 0 bridgehead atoms. The zero-order valence-electron chi connectivity index (χ0n) is 13.8. The average molecular weight is 319 g/mol. The molecule has 0 radical (unpaired) electrons. The summed E-state index contributed by atoms with van der Waals surface area (Å²) >= 11 is 1.81. The number of nitrogens with one attached hydrogen (secondary N) is 2. The lowest BCUT2D eigenvalue weighted by Gasteiger charge is -2.11. The lowest BCUT2D eigenvalue weighted by molar-refractivity contribution is 0.555. The number of rotatable bonds is 6. The van der Waals surface area contributed by atoms with Gasteiger partial charge in [-0.1, -0.05) is 0 Å². The Morgan fingerprint density at radius 2 is 2.09 bits per heavy atom. The van der Waals surface area contributed by atoms with Gasteiger partial charge in [-0.2, -0.15) is 5.10 Å². The van der Waals surface area contributed by atoms with E-state index in [1.807, 2.05) is 18.3 Å². The van der Waals surface area contributed by atoms with Crippen molar-refractivity contribution in [2.24, 2.45) is 4.99 Å². The number of guanidine groups is 1. The largest absolute Gasteiger partial charge is 0.356 e. The van der Waals surface area contributed by atoms with E-state index in [0.29, 0.717) is 0 Å². The molecule has 0 fully saturated rings. The maximum Gasteiger partial charge on any atom is 0.191 e. The fourth-order valence-corrected chi connectivity index (χ4v) is 3.14. The summed E-state index contributed by atoms with van der Waals surface area (Å²) in [5.41, 5.74) is 2.29. The lowest BCUT2D eigenvalue weighted by atomic mass is 10.4. The highest BCUT2D eigenvalue weighted by molar-refractivity contribution is 7.11. The van der Waals surface area contributed by atoms with Crippen LogP contribution in [0.25, 0.3) is 0 Å². The van der Waals surface area contributed by atoms with Gasteiger partial charge in [-0.05, 0) is 45.4 Å². The van der Waals surface area contributed by atoms with Crippen molar-refractivity contribution in [2.45, 2.75) is 40.3 Å². The molecular weight excluding hydrogens is 294 g/mol. The van der Waals surface area contributed by atoms with Gasteiger partial charge in [-0.25, -0.2) is 0 Å². The van der Waals surface area contributed by atoms with Gasteiger partial charge in [0.25, 0.3) is 0 Å². The summed E-state index contributed by atoms with van der Waals surface area (Å²) < 4.78 is 2.06. The molecule has 0 amide bonds. The van der Waals surface area contributed by atoms with Crippen molar-refractivity contribution in [1.29, 1.82) is 0 Å². The van der Waals surface area contributed by atoms with E-state index in [9.17, 15) is 0 Å². The van der Waals surface area contributed by atoms with Crippen molar-refractivity contribution in [3.05, 3.63) is 39.3 Å². The molecule has 6 heteroatoms. The van der Waals surface area contributed by atoms with E-state index in [1.165, 1.54) is 15.4 Å². The molecule has 2 aromatic heterocycles. The molecule has 0 spiro atoms. The van der Waals surface area contributed by atoms with Gasteiger partial charge in [0.2, 0.25) is 0 Å². The summed E-state index contributed by atoms with van der Waals surface area (Å²) in [4.78, 5) is 6.91. The molecule has 0 atom stereocenters. The first-order valence-electron chi connectivity index (χ1n) is 7.59. The fourth-order valence-electron chi connectivity index (χ4n) is 2.31. The van der Waals surface area contributed by atoms with E-state index in [0.717, 1.165) is 37.7 Å². The zero-order valence-corrected chi connectivity index (χ0v) is 14.6. The van der Waals surface area contributed by atoms with Crippen LogP contribution in [0.1, 0.15) is 27.6 Å². The summed E-state index contributed by atoms with van der Waals surface area (Å²) in [6.45, 7) is 8.86. The Kier molecular flexibility index (Phi) is 6.00. The third kappa shape index (κ3) is 4.87. The van der Waals surface area contributed by atoms with E-state index in [-0.39, 0.29) is 0 Å². The minimum absolute atomic E-state index is 0.815. The Morgan fingerprint density at radius 1 is 1.27 bits per heavy atom. The van der Waals surface area contributed by atoms with Gasteiger partial charge >= 0.3 is 0 Å². The molecule has 0 aliphatic heterocycles. The number of hydrogen-bond acceptors (Lipinski definition) is 3. The summed E-state index contributed by atoms with van der Waals surface area (Å²) in [7, 11) is 1.80. The molecule has 2 aromatic rings. The van der Waals surface area contributed by atoms with Gasteiger partial charge in [0, 0.05) is 35.6 Å². The first kappa shape index (κ1) is 16.5. The van der Waals surface area contributed by atoms with Gasteiger partial charge in [0.15, 0.2) is 5.96 Å². The predicted molar refractivity (Wildman–Crippen MR) is 93.6 cm³/mol. The van der Waals surface area contributed by atoms with Crippen LogP contribution in [0.2, 0.25) is 0 Å². The SMILES string of the molecule is CN=C(NCCCn1nc(C)cc1C)NCc1ccc(C)s1. The van der Waals surface area contributed by atoms with Crippen LogP contribution in [0.4, 0.5) is 0 Å². The Labute approximate surface area is 136 Å². The van der Waals surface area contributed by atoms with Gasteiger partial charge in [-0.15, -0.1) is 11.3 Å². The maximum atomic E-state index is 4.47. The van der Waals surface area contributed by atoms with E-state index in [4.69, 9.17) is 0 Å². The van der Waals surface area contributed by atoms with Crippen LogP contribution >= 0.6 is 11.3 Å². The summed E-state index contributed by atoms with van der Waals surface area (Å²) in [5, 5.41) is 11.2. The maximum absolute atomic E-state index is 4.47. The summed E-state index contributed by atoms with van der Waals surface area (Å²) in [5.74, 6) is 0.847. The lowest BCUT2D eigenvalue weighted by Crippen LogP contribution is -2.37. The van der Waals surface area contributed by atoms with E-state index in [2.05, 4.69) is 57.5 Å². The summed E-state index contributed by atoms with van der Waals surface area (Å²) in [6, 6.07) is 6.41. The van der Waals surface area contributed by atoms with Crippen LogP contribution in [-0.2, 0) is 13.1 Å². The van der Waals surface area contributed by atoms with Crippen molar-refractivity contribution >= 4 is 17.3 Å². The fraction of sp³-hybridized carbons (Fsp3) is 0.500. The van der Waals surface area contributed by atoms with Crippen LogP contribution in [0.15, 0.2) is 23.2 Å². The van der Waals surface area contributed by atoms with Crippen molar-refractivity contribution in [1.82, 2.24) is 20.4 Å². The normalized spacial score (nSPS) is 11.7. The number of aliphatic imine (C=N–C) groups is 1. The van der Waals surface area contributed by atoms with Crippen LogP contribution in [0.5, 0.6) is 0 Å². The number of thiophene rings is 1. The van der Waals surface area contributed by atoms with Gasteiger partial charge in [0.1, 0.15) is 0 Å². The molecule has 2 N–H and O–H groups in total. The van der Waals surface area contributed by atoms with Crippen molar-refractivity contribution in [3.8, 4) is 0 Å². The second kappa shape index (κ2) is 7.98. The van der Waals surface area contributed by atoms with Gasteiger partial charge in [0.05, 0.1) is 12.2 Å². The Hall–Kier alpha value is -1.82. The minimum atomic E-state index is 0.815. The topological polar surface area (TPSA) is 54.2 Å². The molecule has 2 rings (SSSR count). The quantitative estimate of drug-likeness (QED) is 0.489. The first-order chi connectivity index (χ1) is 10.6. The summed E-state index contributed by atoms with van der Waals surface area (Å²) in [6.07, 6.45) is 1.01. The third-order valence-corrected chi connectivity index (χ3v) is 4.39. The highest BCUT2D eigenvalue weighted by atomic mass is 32.1. The van der Waals surface area contributed by atoms with Gasteiger partial charge in [-0.3, -0.25) is 9.67 Å².